The van der Waals surface area contributed by atoms with Gasteiger partial charge in [-0.05, 0) is 34.6 Å². The van der Waals surface area contributed by atoms with Crippen molar-refractivity contribution in [3.63, 3.8) is 0 Å². The molecule has 0 aliphatic heterocycles. The van der Waals surface area contributed by atoms with Crippen LogP contribution in [0.2, 0.25) is 0 Å². The van der Waals surface area contributed by atoms with Crippen LogP contribution in [0.3, 0.4) is 0 Å². The van der Waals surface area contributed by atoms with E-state index in [1.54, 1.807) is 0 Å². The monoisotopic (exact) mass is 260 g/mol. The van der Waals surface area contributed by atoms with Crippen LogP contribution in [-0.4, -0.2) is 75.0 Å². The molecule has 110 valence electrons. The molecule has 0 aliphatic carbocycles. The summed E-state index contributed by atoms with van der Waals surface area (Å²) in [5.74, 6) is 0. The van der Waals surface area contributed by atoms with Crippen LogP contribution >= 0.6 is 0 Å². The molecule has 3 nitrogen and oxygen atoms in total. The molecule has 0 saturated carbocycles. The standard InChI is InChI=1S/C15H36N2O/c1-8-16(6,7)14-15(5)18-13-12-17(9-2,10-3)11-4/h15H,8-14H2,1-7H3/q+2/t15-/m0/s1. The van der Waals surface area contributed by atoms with Crippen molar-refractivity contribution in [2.75, 3.05) is 60.0 Å². The molecule has 0 saturated heterocycles. The van der Waals surface area contributed by atoms with E-state index in [4.69, 9.17) is 4.74 Å². The summed E-state index contributed by atoms with van der Waals surface area (Å²) in [7, 11) is 4.54. The zero-order valence-electron chi connectivity index (χ0n) is 13.8. The van der Waals surface area contributed by atoms with Crippen LogP contribution in [0.5, 0.6) is 0 Å². The Morgan fingerprint density at radius 3 is 1.78 bits per heavy atom. The molecule has 18 heavy (non-hydrogen) atoms. The number of ether oxygens (including phenoxy) is 1. The van der Waals surface area contributed by atoms with Crippen molar-refractivity contribution in [1.29, 1.82) is 0 Å². The van der Waals surface area contributed by atoms with Crippen molar-refractivity contribution in [3.8, 4) is 0 Å². The molecule has 0 rings (SSSR count). The maximum Gasteiger partial charge on any atom is 0.105 e. The molecule has 0 unspecified atom stereocenters. The quantitative estimate of drug-likeness (QED) is 0.548. The number of hydrogen-bond donors (Lipinski definition) is 0. The van der Waals surface area contributed by atoms with Crippen molar-refractivity contribution in [1.82, 2.24) is 0 Å². The van der Waals surface area contributed by atoms with Crippen LogP contribution in [0, 0.1) is 0 Å². The highest BCUT2D eigenvalue weighted by molar-refractivity contribution is 4.48. The van der Waals surface area contributed by atoms with Gasteiger partial charge >= 0.3 is 0 Å². The lowest BCUT2D eigenvalue weighted by Gasteiger charge is -2.36. The number of hydrogen-bond acceptors (Lipinski definition) is 1. The van der Waals surface area contributed by atoms with Crippen molar-refractivity contribution in [2.24, 2.45) is 0 Å². The molecule has 0 amide bonds. The zero-order valence-corrected chi connectivity index (χ0v) is 13.8. The Morgan fingerprint density at radius 1 is 0.889 bits per heavy atom. The topological polar surface area (TPSA) is 9.23 Å². The Hall–Kier alpha value is -0.120. The second-order valence-electron chi connectivity index (χ2n) is 6.13. The molecule has 0 fully saturated rings. The first-order chi connectivity index (χ1) is 8.34. The Bertz CT molecular complexity index is 204. The summed E-state index contributed by atoms with van der Waals surface area (Å²) in [6.45, 7) is 19.2. The number of nitrogens with zero attached hydrogens (tertiary/aromatic N) is 2. The number of likely N-dealkylation sites (N-methyl/N-ethyl adjacent to an activating group) is 2. The molecule has 3 heteroatoms. The summed E-state index contributed by atoms with van der Waals surface area (Å²) in [5.41, 5.74) is 0. The summed E-state index contributed by atoms with van der Waals surface area (Å²) in [4.78, 5) is 0. The van der Waals surface area contributed by atoms with Gasteiger partial charge in [0.2, 0.25) is 0 Å². The molecule has 0 spiro atoms. The van der Waals surface area contributed by atoms with Gasteiger partial charge < -0.3 is 13.7 Å². The van der Waals surface area contributed by atoms with Gasteiger partial charge in [0.05, 0.1) is 46.9 Å². The average Bonchev–Trinajstić information content (AvgIpc) is 2.35. The highest BCUT2D eigenvalue weighted by Gasteiger charge is 2.22. The molecule has 0 aliphatic rings. The molecule has 0 bridgehead atoms. The van der Waals surface area contributed by atoms with Crippen LogP contribution in [0.25, 0.3) is 0 Å². The first-order valence-corrected chi connectivity index (χ1v) is 7.63. The molecule has 0 aromatic rings. The SMILES string of the molecule is CC[N+](C)(C)C[C@H](C)OCC[N+](CC)(CC)CC. The minimum atomic E-state index is 0.354. The van der Waals surface area contributed by atoms with Gasteiger partial charge in [0.15, 0.2) is 0 Å². The molecular formula is C15H36N2O+2. The zero-order chi connectivity index (χ0) is 14.2. The van der Waals surface area contributed by atoms with E-state index in [1.165, 1.54) is 24.1 Å². The first kappa shape index (κ1) is 17.9. The molecule has 1 atom stereocenters. The minimum Gasteiger partial charge on any atom is -0.367 e. The summed E-state index contributed by atoms with van der Waals surface area (Å²) in [6.07, 6.45) is 0.354. The molecule has 0 N–H and O–H groups in total. The number of quaternary nitrogens is 2. The summed E-state index contributed by atoms with van der Waals surface area (Å²) < 4.78 is 8.23. The van der Waals surface area contributed by atoms with E-state index in [-0.39, 0.29) is 0 Å². The highest BCUT2D eigenvalue weighted by Crippen LogP contribution is 2.07. The Morgan fingerprint density at radius 2 is 1.39 bits per heavy atom. The van der Waals surface area contributed by atoms with Crippen LogP contribution in [0.1, 0.15) is 34.6 Å². The molecule has 0 aromatic carbocycles. The van der Waals surface area contributed by atoms with Gasteiger partial charge in [-0.3, -0.25) is 0 Å². The van der Waals surface area contributed by atoms with E-state index >= 15 is 0 Å². The van der Waals surface area contributed by atoms with E-state index in [9.17, 15) is 0 Å². The smallest absolute Gasteiger partial charge is 0.105 e. The normalized spacial score (nSPS) is 14.8. The van der Waals surface area contributed by atoms with Crippen LogP contribution < -0.4 is 0 Å². The van der Waals surface area contributed by atoms with Crippen LogP contribution in [-0.2, 0) is 4.74 Å². The highest BCUT2D eigenvalue weighted by atomic mass is 16.5. The fourth-order valence-corrected chi connectivity index (χ4v) is 2.47. The van der Waals surface area contributed by atoms with Crippen LogP contribution in [0.4, 0.5) is 0 Å². The van der Waals surface area contributed by atoms with Crippen LogP contribution in [0.15, 0.2) is 0 Å². The fourth-order valence-electron chi connectivity index (χ4n) is 2.47. The minimum absolute atomic E-state index is 0.354. The lowest BCUT2D eigenvalue weighted by atomic mass is 10.3. The molecule has 0 heterocycles. The van der Waals surface area contributed by atoms with Gasteiger partial charge in [-0.2, -0.15) is 0 Å². The summed E-state index contributed by atoms with van der Waals surface area (Å²) in [6, 6.07) is 0. The molecule has 0 radical (unpaired) electrons. The number of rotatable bonds is 10. The maximum atomic E-state index is 6.01. The predicted molar refractivity (Wildman–Crippen MR) is 79.7 cm³/mol. The van der Waals surface area contributed by atoms with Crippen molar-refractivity contribution >= 4 is 0 Å². The fraction of sp³-hybridized carbons (Fsp3) is 1.00. The third-order valence-electron chi connectivity index (χ3n) is 4.59. The Balaban J connectivity index is 4.03. The van der Waals surface area contributed by atoms with E-state index in [2.05, 4.69) is 48.7 Å². The predicted octanol–water partition coefficient (Wildman–Crippen LogP) is 2.36. The third-order valence-corrected chi connectivity index (χ3v) is 4.59. The van der Waals surface area contributed by atoms with Gasteiger partial charge in [-0.25, -0.2) is 0 Å². The van der Waals surface area contributed by atoms with Gasteiger partial charge in [0, 0.05) is 0 Å². The summed E-state index contributed by atoms with van der Waals surface area (Å²) in [5, 5.41) is 0. The van der Waals surface area contributed by atoms with E-state index in [1.807, 2.05) is 0 Å². The second kappa shape index (κ2) is 8.13. The molecular weight excluding hydrogens is 224 g/mol. The van der Waals surface area contributed by atoms with Gasteiger partial charge in [0.1, 0.15) is 19.2 Å². The first-order valence-electron chi connectivity index (χ1n) is 7.63. The lowest BCUT2D eigenvalue weighted by molar-refractivity contribution is -0.924. The van der Waals surface area contributed by atoms with Crippen molar-refractivity contribution < 1.29 is 13.7 Å². The maximum absolute atomic E-state index is 6.01. The van der Waals surface area contributed by atoms with Gasteiger partial charge in [0.25, 0.3) is 0 Å². The van der Waals surface area contributed by atoms with Gasteiger partial charge in [-0.15, -0.1) is 0 Å². The van der Waals surface area contributed by atoms with Crippen molar-refractivity contribution in [3.05, 3.63) is 0 Å². The third kappa shape index (κ3) is 6.17. The second-order valence-corrected chi connectivity index (χ2v) is 6.13. The molecule has 0 aromatic heterocycles. The van der Waals surface area contributed by atoms with E-state index < -0.39 is 0 Å². The summed E-state index contributed by atoms with van der Waals surface area (Å²) >= 11 is 0. The van der Waals surface area contributed by atoms with Crippen molar-refractivity contribution in [2.45, 2.75) is 40.7 Å². The Kier molecular flexibility index (Phi) is 8.08. The lowest BCUT2D eigenvalue weighted by Crippen LogP contribution is -2.50. The van der Waals surface area contributed by atoms with Gasteiger partial charge in [-0.1, -0.05) is 0 Å². The van der Waals surface area contributed by atoms with E-state index in [0.29, 0.717) is 6.10 Å². The Labute approximate surface area is 115 Å². The van der Waals surface area contributed by atoms with E-state index in [0.717, 1.165) is 30.7 Å². The average molecular weight is 260 g/mol. The largest absolute Gasteiger partial charge is 0.367 e.